The number of rotatable bonds is 32. The summed E-state index contributed by atoms with van der Waals surface area (Å²) in [6.07, 6.45) is 2.25. The molecule has 3 N–H and O–H groups in total. The Morgan fingerprint density at radius 1 is 0.609 bits per heavy atom. The smallest absolute Gasteiger partial charge is 0.511 e. The quantitative estimate of drug-likeness (QED) is 0.0561. The number of carbonyl (C=O) groups excluding carboxylic acids is 1. The van der Waals surface area contributed by atoms with E-state index in [9.17, 15) is 4.79 Å². The highest BCUT2D eigenvalue weighted by atomic mass is 28.3. The van der Waals surface area contributed by atoms with E-state index in [1.165, 1.54) is 0 Å². The van der Waals surface area contributed by atoms with Gasteiger partial charge in [-0.2, -0.15) is 0 Å². The first-order valence-electron chi connectivity index (χ1n) is 15.5. The van der Waals surface area contributed by atoms with Crippen molar-refractivity contribution in [2.75, 3.05) is 138 Å². The third-order valence-corrected chi connectivity index (χ3v) is 5.48. The molecule has 0 aliphatic rings. The predicted octanol–water partition coefficient (Wildman–Crippen LogP) is 1.22. The SMILES string of the molecule is CCCCNc1ccc(C(=O)OCCOCCOCCOCCOCCOCCOCCOCCOCCOC)cc1.O=[Si](O)O. The van der Waals surface area contributed by atoms with Crippen molar-refractivity contribution in [3.63, 3.8) is 0 Å². The maximum absolute atomic E-state index is 12.1. The molecule has 0 atom stereocenters. The molecule has 268 valence electrons. The fourth-order valence-electron chi connectivity index (χ4n) is 3.19. The Bertz CT molecular complexity index is 802. The number of unbranched alkanes of at least 4 members (excludes halogenated alkanes) is 1. The van der Waals surface area contributed by atoms with Crippen molar-refractivity contribution >= 4 is 20.8 Å². The van der Waals surface area contributed by atoms with Crippen molar-refractivity contribution in [2.45, 2.75) is 19.8 Å². The Hall–Kier alpha value is -2.25. The first-order valence-corrected chi connectivity index (χ1v) is 16.8. The van der Waals surface area contributed by atoms with Crippen LogP contribution in [0, 0.1) is 0 Å². The number of benzene rings is 1. The number of nitrogens with one attached hydrogen (secondary N) is 1. The van der Waals surface area contributed by atoms with Crippen LogP contribution in [-0.2, 0) is 51.8 Å². The summed E-state index contributed by atoms with van der Waals surface area (Å²) in [5.41, 5.74) is 1.52. The first kappa shape index (κ1) is 43.7. The second kappa shape index (κ2) is 35.6. The van der Waals surface area contributed by atoms with Crippen molar-refractivity contribution in [1.82, 2.24) is 0 Å². The van der Waals surface area contributed by atoms with E-state index in [1.54, 1.807) is 19.2 Å². The molecule has 0 aliphatic heterocycles. The predicted molar refractivity (Wildman–Crippen MR) is 169 cm³/mol. The van der Waals surface area contributed by atoms with Crippen molar-refractivity contribution in [2.24, 2.45) is 0 Å². The van der Waals surface area contributed by atoms with Gasteiger partial charge in [0.25, 0.3) is 0 Å². The molecule has 0 saturated carbocycles. The molecule has 0 aliphatic carbocycles. The van der Waals surface area contributed by atoms with Crippen LogP contribution in [0.2, 0.25) is 0 Å². The van der Waals surface area contributed by atoms with Crippen LogP contribution in [0.5, 0.6) is 0 Å². The van der Waals surface area contributed by atoms with Gasteiger partial charge in [-0.3, -0.25) is 4.46 Å². The topological polar surface area (TPSA) is 179 Å². The molecule has 0 unspecified atom stereocenters. The van der Waals surface area contributed by atoms with Gasteiger partial charge in [-0.15, -0.1) is 0 Å². The number of ether oxygens (including phenoxy) is 10. The minimum absolute atomic E-state index is 0.194. The van der Waals surface area contributed by atoms with E-state index >= 15 is 0 Å². The zero-order chi connectivity index (χ0) is 33.8. The van der Waals surface area contributed by atoms with Gasteiger partial charge in [-0.05, 0) is 30.7 Å². The minimum Gasteiger partial charge on any atom is -0.511 e. The van der Waals surface area contributed by atoms with Crippen molar-refractivity contribution in [3.8, 4) is 0 Å². The lowest BCUT2D eigenvalue weighted by atomic mass is 10.2. The van der Waals surface area contributed by atoms with Gasteiger partial charge in [-0.25, -0.2) is 4.79 Å². The largest absolute Gasteiger partial charge is 0.761 e. The molecule has 0 radical (unpaired) electrons. The van der Waals surface area contributed by atoms with E-state index in [4.69, 9.17) is 61.4 Å². The van der Waals surface area contributed by atoms with Crippen LogP contribution in [0.3, 0.4) is 0 Å². The summed E-state index contributed by atoms with van der Waals surface area (Å²) >= 11 is 0. The number of anilines is 1. The second-order valence-electron chi connectivity index (χ2n) is 9.17. The summed E-state index contributed by atoms with van der Waals surface area (Å²) in [4.78, 5) is 26.4. The average Bonchev–Trinajstić information content (AvgIpc) is 3.04. The Labute approximate surface area is 274 Å². The van der Waals surface area contributed by atoms with E-state index in [-0.39, 0.29) is 12.6 Å². The van der Waals surface area contributed by atoms with E-state index in [0.717, 1.165) is 25.1 Å². The van der Waals surface area contributed by atoms with E-state index in [2.05, 4.69) is 12.2 Å². The Kier molecular flexibility index (Phi) is 33.9. The summed E-state index contributed by atoms with van der Waals surface area (Å²) < 4.78 is 62.3. The maximum atomic E-state index is 12.1. The molecule has 15 nitrogen and oxygen atoms in total. The third kappa shape index (κ3) is 33.1. The Balaban J connectivity index is 0.00000476. The third-order valence-electron chi connectivity index (χ3n) is 5.48. The molecule has 0 fully saturated rings. The summed E-state index contributed by atoms with van der Waals surface area (Å²) in [5, 5.41) is 3.32. The molecule has 0 spiro atoms. The van der Waals surface area contributed by atoms with Gasteiger partial charge >= 0.3 is 15.1 Å². The van der Waals surface area contributed by atoms with Gasteiger partial charge in [0, 0.05) is 19.3 Å². The van der Waals surface area contributed by atoms with Crippen molar-refractivity contribution in [1.29, 1.82) is 0 Å². The van der Waals surface area contributed by atoms with E-state index < -0.39 is 9.17 Å². The zero-order valence-corrected chi connectivity index (χ0v) is 28.5. The number of hydrogen-bond acceptors (Lipinski definition) is 13. The molecule has 46 heavy (non-hydrogen) atoms. The second-order valence-corrected chi connectivity index (χ2v) is 9.73. The molecule has 0 amide bonds. The first-order chi connectivity index (χ1) is 22.5. The number of hydrogen-bond donors (Lipinski definition) is 3. The molecule has 0 saturated heterocycles. The normalized spacial score (nSPS) is 10.7. The molecule has 0 heterocycles. The fraction of sp³-hybridized carbons (Fsp3) is 0.767. The van der Waals surface area contributed by atoms with Crippen LogP contribution in [0.15, 0.2) is 24.3 Å². The maximum Gasteiger partial charge on any atom is 0.761 e. The van der Waals surface area contributed by atoms with Crippen LogP contribution in [0.4, 0.5) is 5.69 Å². The molecule has 1 rings (SSSR count). The van der Waals surface area contributed by atoms with Gasteiger partial charge < -0.3 is 62.3 Å². The summed E-state index contributed by atoms with van der Waals surface area (Å²) in [6.45, 7) is 11.7. The van der Waals surface area contributed by atoms with Crippen LogP contribution >= 0.6 is 0 Å². The van der Waals surface area contributed by atoms with Crippen LogP contribution < -0.4 is 5.32 Å². The number of methoxy groups -OCH3 is 1. The lowest BCUT2D eigenvalue weighted by Crippen LogP contribution is -2.15. The molecule has 0 bridgehead atoms. The van der Waals surface area contributed by atoms with Gasteiger partial charge in [0.1, 0.15) is 6.61 Å². The highest BCUT2D eigenvalue weighted by Crippen LogP contribution is 2.10. The zero-order valence-electron chi connectivity index (χ0n) is 27.5. The Morgan fingerprint density at radius 3 is 1.26 bits per heavy atom. The number of esters is 1. The van der Waals surface area contributed by atoms with Crippen LogP contribution in [0.1, 0.15) is 30.1 Å². The lowest BCUT2D eigenvalue weighted by Gasteiger charge is -2.09. The van der Waals surface area contributed by atoms with E-state index in [0.29, 0.717) is 118 Å². The van der Waals surface area contributed by atoms with Gasteiger partial charge in [0.05, 0.1) is 118 Å². The van der Waals surface area contributed by atoms with Gasteiger partial charge in [0.15, 0.2) is 0 Å². The van der Waals surface area contributed by atoms with Crippen molar-refractivity contribution in [3.05, 3.63) is 29.8 Å². The van der Waals surface area contributed by atoms with E-state index in [1.807, 2.05) is 12.1 Å². The highest BCUT2D eigenvalue weighted by molar-refractivity contribution is 6.22. The van der Waals surface area contributed by atoms with Gasteiger partial charge in [0.2, 0.25) is 0 Å². The standard InChI is InChI=1S/C30H53NO11.H2O3Si/c1-3-4-9-31-29-7-5-28(6-8-29)30(32)42-27-26-41-25-24-40-23-22-39-21-20-38-19-18-37-17-16-36-15-14-35-13-12-34-11-10-33-2;1-4(2)3/h5-8,31H,3-4,9-27H2,1-2H3;1-2H. The molecular formula is C30H55NO14Si. The van der Waals surface area contributed by atoms with Gasteiger partial charge in [-0.1, -0.05) is 13.3 Å². The monoisotopic (exact) mass is 681 g/mol. The molecule has 16 heteroatoms. The van der Waals surface area contributed by atoms with Crippen LogP contribution in [-0.4, -0.2) is 157 Å². The summed E-state index contributed by atoms with van der Waals surface area (Å²) in [7, 11) is -1.49. The van der Waals surface area contributed by atoms with Crippen molar-refractivity contribution < 1.29 is 66.2 Å². The molecular weight excluding hydrogens is 626 g/mol. The average molecular weight is 682 g/mol. The summed E-state index contributed by atoms with van der Waals surface area (Å²) in [5.74, 6) is -0.358. The highest BCUT2D eigenvalue weighted by Gasteiger charge is 2.06. The Morgan fingerprint density at radius 2 is 0.935 bits per heavy atom. The molecule has 1 aromatic carbocycles. The van der Waals surface area contributed by atoms with Crippen LogP contribution in [0.25, 0.3) is 0 Å². The number of carbonyl (C=O) groups is 1. The molecule has 1 aromatic rings. The molecule has 0 aromatic heterocycles. The lowest BCUT2D eigenvalue weighted by molar-refractivity contribution is -0.0253. The minimum atomic E-state index is -3.13. The fourth-order valence-corrected chi connectivity index (χ4v) is 3.19. The summed E-state index contributed by atoms with van der Waals surface area (Å²) in [6, 6.07) is 7.29.